The molecule has 0 amide bonds. The second kappa shape index (κ2) is 19.5. The number of hydrogen-bond acceptors (Lipinski definition) is 4. The molecule has 0 aromatic heterocycles. The normalized spacial score (nSPS) is 12.7. The number of carbonyl (C=O) groups is 2. The Hall–Kier alpha value is -1.23. The molecule has 0 saturated heterocycles. The molecule has 156 valence electrons. The van der Waals surface area contributed by atoms with Crippen LogP contribution in [0.4, 0.5) is 0 Å². The van der Waals surface area contributed by atoms with E-state index in [-0.39, 0.29) is 0 Å². The van der Waals surface area contributed by atoms with E-state index in [0.29, 0.717) is 12.2 Å². The summed E-state index contributed by atoms with van der Waals surface area (Å²) in [5.41, 5.74) is 0. The highest BCUT2D eigenvalue weighted by molar-refractivity contribution is 7.98. The van der Waals surface area contributed by atoms with Gasteiger partial charge in [-0.2, -0.15) is 11.8 Å². The van der Waals surface area contributed by atoms with E-state index in [2.05, 4.69) is 31.2 Å². The zero-order chi connectivity index (χ0) is 20.2. The first kappa shape index (κ1) is 25.8. The highest BCUT2D eigenvalue weighted by atomic mass is 32.2. The van der Waals surface area contributed by atoms with Crippen molar-refractivity contribution in [2.24, 2.45) is 0 Å². The van der Waals surface area contributed by atoms with E-state index in [1.807, 2.05) is 0 Å². The third-order valence-corrected chi connectivity index (χ3v) is 4.83. The fourth-order valence-corrected chi connectivity index (χ4v) is 3.12. The second-order valence-corrected chi connectivity index (χ2v) is 7.66. The van der Waals surface area contributed by atoms with Crippen LogP contribution in [0.5, 0.6) is 0 Å². The maximum atomic E-state index is 11.7. The number of unbranched alkanes of at least 4 members (excludes halogenated alkanes) is 8. The van der Waals surface area contributed by atoms with Gasteiger partial charge in [-0.25, -0.2) is 4.79 Å². The fourth-order valence-electron chi connectivity index (χ4n) is 2.61. The van der Waals surface area contributed by atoms with E-state index < -0.39 is 18.0 Å². The standard InChI is InChI=1S/C22H38O4S/c1-3-4-5-6-7-8-9-10-11-12-13-14-15-16-17-18-21(23)26-20(19-27-2)22(24)25/h7-8,10-11,20H,3-6,9,12-19H2,1-2H3,(H,24,25). The average Bonchev–Trinajstić information content (AvgIpc) is 2.64. The summed E-state index contributed by atoms with van der Waals surface area (Å²) in [5, 5.41) is 8.96. The fraction of sp³-hybridized carbons (Fsp3) is 0.727. The second-order valence-electron chi connectivity index (χ2n) is 6.75. The van der Waals surface area contributed by atoms with Gasteiger partial charge in [-0.1, -0.05) is 63.3 Å². The Morgan fingerprint density at radius 2 is 1.52 bits per heavy atom. The van der Waals surface area contributed by atoms with Gasteiger partial charge in [0.25, 0.3) is 0 Å². The van der Waals surface area contributed by atoms with Gasteiger partial charge in [-0.3, -0.25) is 4.79 Å². The zero-order valence-corrected chi connectivity index (χ0v) is 18.0. The Morgan fingerprint density at radius 1 is 0.926 bits per heavy atom. The highest BCUT2D eigenvalue weighted by Crippen LogP contribution is 2.10. The van der Waals surface area contributed by atoms with Crippen LogP contribution in [0.2, 0.25) is 0 Å². The number of allylic oxidation sites excluding steroid dienone is 4. The molecule has 0 bridgehead atoms. The molecule has 0 aliphatic heterocycles. The molecule has 0 saturated carbocycles. The lowest BCUT2D eigenvalue weighted by atomic mass is 10.1. The molecule has 5 heteroatoms. The molecular weight excluding hydrogens is 360 g/mol. The molecule has 1 atom stereocenters. The molecule has 0 radical (unpaired) electrons. The predicted octanol–water partition coefficient (Wildman–Crippen LogP) is 6.16. The average molecular weight is 399 g/mol. The van der Waals surface area contributed by atoms with E-state index in [1.165, 1.54) is 43.9 Å². The van der Waals surface area contributed by atoms with Crippen molar-refractivity contribution in [3.05, 3.63) is 24.3 Å². The molecule has 0 aromatic rings. The van der Waals surface area contributed by atoms with E-state index in [4.69, 9.17) is 9.84 Å². The van der Waals surface area contributed by atoms with Gasteiger partial charge in [0.1, 0.15) is 0 Å². The Labute approximate surface area is 169 Å². The first-order valence-corrected chi connectivity index (χ1v) is 11.7. The molecule has 0 heterocycles. The summed E-state index contributed by atoms with van der Waals surface area (Å²) in [6.07, 6.45) is 22.5. The number of rotatable bonds is 18. The summed E-state index contributed by atoms with van der Waals surface area (Å²) in [6, 6.07) is 0. The highest BCUT2D eigenvalue weighted by Gasteiger charge is 2.21. The first-order valence-electron chi connectivity index (χ1n) is 10.3. The molecule has 4 nitrogen and oxygen atoms in total. The van der Waals surface area contributed by atoms with Crippen molar-refractivity contribution in [1.29, 1.82) is 0 Å². The van der Waals surface area contributed by atoms with Crippen molar-refractivity contribution in [2.45, 2.75) is 90.1 Å². The molecule has 27 heavy (non-hydrogen) atoms. The summed E-state index contributed by atoms with van der Waals surface area (Å²) < 4.78 is 5.00. The van der Waals surface area contributed by atoms with Crippen molar-refractivity contribution in [3.8, 4) is 0 Å². The number of hydrogen-bond donors (Lipinski definition) is 1. The molecule has 0 spiro atoms. The van der Waals surface area contributed by atoms with Crippen LogP contribution < -0.4 is 0 Å². The van der Waals surface area contributed by atoms with Crippen LogP contribution in [0.25, 0.3) is 0 Å². The van der Waals surface area contributed by atoms with Crippen LogP contribution in [-0.2, 0) is 14.3 Å². The van der Waals surface area contributed by atoms with Gasteiger partial charge in [0.05, 0.1) is 0 Å². The van der Waals surface area contributed by atoms with Gasteiger partial charge in [0.15, 0.2) is 0 Å². The molecule has 1 N–H and O–H groups in total. The lowest BCUT2D eigenvalue weighted by Crippen LogP contribution is -2.29. The van der Waals surface area contributed by atoms with E-state index in [1.54, 1.807) is 6.26 Å². The lowest BCUT2D eigenvalue weighted by Gasteiger charge is -2.12. The quantitative estimate of drug-likeness (QED) is 0.170. The van der Waals surface area contributed by atoms with Crippen LogP contribution in [0, 0.1) is 0 Å². The lowest BCUT2D eigenvalue weighted by molar-refractivity contribution is -0.162. The summed E-state index contributed by atoms with van der Waals surface area (Å²) in [6.45, 7) is 2.23. The summed E-state index contributed by atoms with van der Waals surface area (Å²) in [4.78, 5) is 22.6. The number of aliphatic carboxylic acids is 1. The Bertz CT molecular complexity index is 432. The zero-order valence-electron chi connectivity index (χ0n) is 17.2. The minimum atomic E-state index is -1.07. The van der Waals surface area contributed by atoms with Crippen molar-refractivity contribution in [3.63, 3.8) is 0 Å². The Kier molecular flexibility index (Phi) is 18.6. The van der Waals surface area contributed by atoms with Crippen molar-refractivity contribution in [2.75, 3.05) is 12.0 Å². The molecule has 0 aromatic carbocycles. The summed E-state index contributed by atoms with van der Waals surface area (Å²) in [5.74, 6) is -1.18. The number of thioether (sulfide) groups is 1. The third kappa shape index (κ3) is 17.9. The van der Waals surface area contributed by atoms with Crippen LogP contribution in [0.1, 0.15) is 84.0 Å². The number of carbonyl (C=O) groups excluding carboxylic acids is 1. The smallest absolute Gasteiger partial charge is 0.345 e. The van der Waals surface area contributed by atoms with Crippen LogP contribution in [0.3, 0.4) is 0 Å². The molecule has 0 fully saturated rings. The maximum absolute atomic E-state index is 11.7. The van der Waals surface area contributed by atoms with Gasteiger partial charge in [0.2, 0.25) is 6.10 Å². The van der Waals surface area contributed by atoms with E-state index in [9.17, 15) is 9.59 Å². The largest absolute Gasteiger partial charge is 0.478 e. The van der Waals surface area contributed by atoms with E-state index in [0.717, 1.165) is 38.5 Å². The van der Waals surface area contributed by atoms with Crippen molar-refractivity contribution in [1.82, 2.24) is 0 Å². The SMILES string of the molecule is CCCCCC=CCC=CCCCCCCCC(=O)OC(CSC)C(=O)O. The Balaban J connectivity index is 3.49. The van der Waals surface area contributed by atoms with Crippen molar-refractivity contribution >= 4 is 23.7 Å². The topological polar surface area (TPSA) is 63.6 Å². The third-order valence-electron chi connectivity index (χ3n) is 4.20. The van der Waals surface area contributed by atoms with Gasteiger partial charge < -0.3 is 9.84 Å². The molecule has 0 aliphatic rings. The molecular formula is C22H38O4S. The Morgan fingerprint density at radius 3 is 2.11 bits per heavy atom. The number of ether oxygens (including phenoxy) is 1. The maximum Gasteiger partial charge on any atom is 0.345 e. The molecule has 0 rings (SSSR count). The van der Waals surface area contributed by atoms with Gasteiger partial charge >= 0.3 is 11.9 Å². The first-order chi connectivity index (χ1) is 13.1. The monoisotopic (exact) mass is 398 g/mol. The van der Waals surface area contributed by atoms with Gasteiger partial charge in [0, 0.05) is 12.2 Å². The predicted molar refractivity (Wildman–Crippen MR) is 115 cm³/mol. The summed E-state index contributed by atoms with van der Waals surface area (Å²) in [7, 11) is 0. The minimum absolute atomic E-state index is 0.295. The number of carboxylic acids is 1. The van der Waals surface area contributed by atoms with Crippen LogP contribution in [-0.4, -0.2) is 35.2 Å². The van der Waals surface area contributed by atoms with E-state index >= 15 is 0 Å². The minimum Gasteiger partial charge on any atom is -0.478 e. The number of carboxylic acid groups (broad SMARTS) is 1. The summed E-state index contributed by atoms with van der Waals surface area (Å²) >= 11 is 1.36. The van der Waals surface area contributed by atoms with Crippen molar-refractivity contribution < 1.29 is 19.4 Å². The number of esters is 1. The van der Waals surface area contributed by atoms with Gasteiger partial charge in [-0.15, -0.1) is 0 Å². The van der Waals surface area contributed by atoms with Gasteiger partial charge in [-0.05, 0) is 44.8 Å². The molecule has 0 aliphatic carbocycles. The van der Waals surface area contributed by atoms with Crippen LogP contribution >= 0.6 is 11.8 Å². The van der Waals surface area contributed by atoms with Crippen LogP contribution in [0.15, 0.2) is 24.3 Å². The molecule has 1 unspecified atom stereocenters.